The Labute approximate surface area is 98.3 Å². The van der Waals surface area contributed by atoms with Crippen LogP contribution in [0.2, 0.25) is 0 Å². The van der Waals surface area contributed by atoms with Crippen molar-refractivity contribution in [1.82, 2.24) is 9.78 Å². The van der Waals surface area contributed by atoms with E-state index in [-0.39, 0.29) is 0 Å². The molecule has 0 aromatic carbocycles. The second-order valence-corrected chi connectivity index (χ2v) is 4.10. The van der Waals surface area contributed by atoms with Crippen LogP contribution in [0.25, 0.3) is 0 Å². The smallest absolute Gasteiger partial charge is 0.0624 e. The van der Waals surface area contributed by atoms with E-state index in [0.717, 1.165) is 32.4 Å². The number of aromatic nitrogens is 2. The van der Waals surface area contributed by atoms with Gasteiger partial charge in [-0.15, -0.1) is 0 Å². The SMILES string of the molecule is CCc1cc(CC(C)=CCCN)n(CC)n1. The molecule has 3 heteroatoms. The Morgan fingerprint density at radius 1 is 1.50 bits per heavy atom. The van der Waals surface area contributed by atoms with Crippen LogP contribution in [0.3, 0.4) is 0 Å². The maximum atomic E-state index is 5.49. The lowest BCUT2D eigenvalue weighted by Crippen LogP contribution is -2.03. The summed E-state index contributed by atoms with van der Waals surface area (Å²) in [5, 5.41) is 4.55. The van der Waals surface area contributed by atoms with Crippen LogP contribution in [0.4, 0.5) is 0 Å². The molecule has 0 aliphatic rings. The largest absolute Gasteiger partial charge is 0.330 e. The monoisotopic (exact) mass is 221 g/mol. The Morgan fingerprint density at radius 2 is 2.25 bits per heavy atom. The lowest BCUT2D eigenvalue weighted by molar-refractivity contribution is 0.620. The first-order chi connectivity index (χ1) is 7.71. The lowest BCUT2D eigenvalue weighted by atomic mass is 10.1. The first-order valence-corrected chi connectivity index (χ1v) is 6.12. The third-order valence-electron chi connectivity index (χ3n) is 2.70. The van der Waals surface area contributed by atoms with E-state index in [1.165, 1.54) is 17.0 Å². The minimum atomic E-state index is 0.727. The summed E-state index contributed by atoms with van der Waals surface area (Å²) < 4.78 is 2.10. The summed E-state index contributed by atoms with van der Waals surface area (Å²) in [5.41, 5.74) is 9.36. The van der Waals surface area contributed by atoms with E-state index in [1.807, 2.05) is 0 Å². The number of allylic oxidation sites excluding steroid dienone is 1. The van der Waals surface area contributed by atoms with Crippen LogP contribution in [-0.4, -0.2) is 16.3 Å². The molecule has 0 bridgehead atoms. The maximum Gasteiger partial charge on any atom is 0.0624 e. The Hall–Kier alpha value is -1.09. The quantitative estimate of drug-likeness (QED) is 0.749. The molecule has 0 saturated carbocycles. The van der Waals surface area contributed by atoms with Gasteiger partial charge >= 0.3 is 0 Å². The summed E-state index contributed by atoms with van der Waals surface area (Å²) in [4.78, 5) is 0. The van der Waals surface area contributed by atoms with Crippen LogP contribution in [0.5, 0.6) is 0 Å². The van der Waals surface area contributed by atoms with Gasteiger partial charge < -0.3 is 5.73 Å². The Morgan fingerprint density at radius 3 is 2.81 bits per heavy atom. The summed E-state index contributed by atoms with van der Waals surface area (Å²) in [5.74, 6) is 0. The predicted molar refractivity (Wildman–Crippen MR) is 68.4 cm³/mol. The average Bonchev–Trinajstić information content (AvgIpc) is 2.68. The molecule has 0 amide bonds. The fraction of sp³-hybridized carbons (Fsp3) is 0.615. The third kappa shape index (κ3) is 3.49. The fourth-order valence-electron chi connectivity index (χ4n) is 1.79. The molecule has 1 aromatic rings. The molecule has 0 unspecified atom stereocenters. The second kappa shape index (κ2) is 6.48. The Balaban J connectivity index is 2.75. The normalized spacial score (nSPS) is 12.1. The van der Waals surface area contributed by atoms with Crippen molar-refractivity contribution in [3.63, 3.8) is 0 Å². The standard InChI is InChI=1S/C13H23N3/c1-4-12-10-13(16(5-2)15-12)9-11(3)7-6-8-14/h7,10H,4-6,8-9,14H2,1-3H3. The van der Waals surface area contributed by atoms with Crippen molar-refractivity contribution in [1.29, 1.82) is 0 Å². The summed E-state index contributed by atoms with van der Waals surface area (Å²) >= 11 is 0. The zero-order valence-electron chi connectivity index (χ0n) is 10.7. The molecule has 0 atom stereocenters. The van der Waals surface area contributed by atoms with E-state index in [2.05, 4.69) is 42.7 Å². The number of hydrogen-bond acceptors (Lipinski definition) is 2. The van der Waals surface area contributed by atoms with Crippen molar-refractivity contribution in [2.45, 2.75) is 46.6 Å². The van der Waals surface area contributed by atoms with Crippen LogP contribution >= 0.6 is 0 Å². The molecule has 0 spiro atoms. The molecule has 1 rings (SSSR count). The number of nitrogens with two attached hydrogens (primary N) is 1. The van der Waals surface area contributed by atoms with Gasteiger partial charge in [-0.25, -0.2) is 0 Å². The van der Waals surface area contributed by atoms with E-state index in [4.69, 9.17) is 5.73 Å². The molecule has 0 aliphatic carbocycles. The summed E-state index contributed by atoms with van der Waals surface area (Å²) in [7, 11) is 0. The fourth-order valence-corrected chi connectivity index (χ4v) is 1.79. The maximum absolute atomic E-state index is 5.49. The van der Waals surface area contributed by atoms with Crippen LogP contribution in [-0.2, 0) is 19.4 Å². The lowest BCUT2D eigenvalue weighted by Gasteiger charge is -2.04. The van der Waals surface area contributed by atoms with E-state index < -0.39 is 0 Å². The van der Waals surface area contributed by atoms with Crippen LogP contribution in [0.1, 0.15) is 38.6 Å². The molecule has 16 heavy (non-hydrogen) atoms. The molecule has 90 valence electrons. The second-order valence-electron chi connectivity index (χ2n) is 4.10. The molecule has 0 aliphatic heterocycles. The average molecular weight is 221 g/mol. The van der Waals surface area contributed by atoms with Crippen LogP contribution < -0.4 is 5.73 Å². The number of aryl methyl sites for hydroxylation is 2. The predicted octanol–water partition coefficient (Wildman–Crippen LogP) is 2.30. The Bertz CT molecular complexity index is 350. The highest BCUT2D eigenvalue weighted by Gasteiger charge is 2.05. The number of nitrogens with zero attached hydrogens (tertiary/aromatic N) is 2. The van der Waals surface area contributed by atoms with Crippen molar-refractivity contribution in [3.05, 3.63) is 29.1 Å². The van der Waals surface area contributed by atoms with E-state index >= 15 is 0 Å². The summed E-state index contributed by atoms with van der Waals surface area (Å²) in [6.07, 6.45) is 5.18. The molecule has 2 N–H and O–H groups in total. The van der Waals surface area contributed by atoms with Gasteiger partial charge in [-0.3, -0.25) is 4.68 Å². The number of hydrogen-bond donors (Lipinski definition) is 1. The van der Waals surface area contributed by atoms with E-state index in [9.17, 15) is 0 Å². The summed E-state index contributed by atoms with van der Waals surface area (Å²) in [6.45, 7) is 8.11. The van der Waals surface area contributed by atoms with Gasteiger partial charge in [0.25, 0.3) is 0 Å². The molecular weight excluding hydrogens is 198 g/mol. The highest BCUT2D eigenvalue weighted by atomic mass is 15.3. The van der Waals surface area contributed by atoms with Crippen molar-refractivity contribution >= 4 is 0 Å². The molecular formula is C13H23N3. The van der Waals surface area contributed by atoms with Gasteiger partial charge in [-0.2, -0.15) is 5.10 Å². The minimum absolute atomic E-state index is 0.727. The van der Waals surface area contributed by atoms with Gasteiger partial charge in [0.1, 0.15) is 0 Å². The van der Waals surface area contributed by atoms with Gasteiger partial charge in [0, 0.05) is 18.7 Å². The first-order valence-electron chi connectivity index (χ1n) is 6.12. The molecule has 0 radical (unpaired) electrons. The zero-order valence-corrected chi connectivity index (χ0v) is 10.7. The summed E-state index contributed by atoms with van der Waals surface area (Å²) in [6, 6.07) is 2.21. The van der Waals surface area contributed by atoms with E-state index in [0.29, 0.717) is 0 Å². The highest BCUT2D eigenvalue weighted by Crippen LogP contribution is 2.11. The van der Waals surface area contributed by atoms with E-state index in [1.54, 1.807) is 0 Å². The van der Waals surface area contributed by atoms with Crippen molar-refractivity contribution < 1.29 is 0 Å². The first kappa shape index (κ1) is 13.0. The molecule has 1 heterocycles. The zero-order chi connectivity index (χ0) is 12.0. The Kier molecular flexibility index (Phi) is 5.26. The van der Waals surface area contributed by atoms with Gasteiger partial charge in [-0.1, -0.05) is 18.6 Å². The molecule has 1 aromatic heterocycles. The topological polar surface area (TPSA) is 43.8 Å². The van der Waals surface area contributed by atoms with Gasteiger partial charge in [0.2, 0.25) is 0 Å². The van der Waals surface area contributed by atoms with Crippen molar-refractivity contribution in [3.8, 4) is 0 Å². The van der Waals surface area contributed by atoms with Gasteiger partial charge in [-0.05, 0) is 39.3 Å². The van der Waals surface area contributed by atoms with Crippen LogP contribution in [0.15, 0.2) is 17.7 Å². The van der Waals surface area contributed by atoms with Crippen LogP contribution in [0, 0.1) is 0 Å². The molecule has 0 fully saturated rings. The van der Waals surface area contributed by atoms with Crippen molar-refractivity contribution in [2.75, 3.05) is 6.54 Å². The number of rotatable bonds is 6. The minimum Gasteiger partial charge on any atom is -0.330 e. The van der Waals surface area contributed by atoms with Gasteiger partial charge in [0.05, 0.1) is 5.69 Å². The highest BCUT2D eigenvalue weighted by molar-refractivity contribution is 5.17. The third-order valence-corrected chi connectivity index (χ3v) is 2.70. The molecule has 0 saturated heterocycles. The molecule has 3 nitrogen and oxygen atoms in total. The van der Waals surface area contributed by atoms with Crippen molar-refractivity contribution in [2.24, 2.45) is 5.73 Å². The van der Waals surface area contributed by atoms with Gasteiger partial charge in [0.15, 0.2) is 0 Å².